The SMILES string of the molecule is COc1ccc(C(CNC2=NCC3CN(C(=O)OC(C)(C)C)CCN23)N(C)C)cc1.I. The van der Waals surface area contributed by atoms with Crippen molar-refractivity contribution in [3.8, 4) is 5.75 Å². The number of carbonyl (C=O) groups excluding carboxylic acids is 1. The van der Waals surface area contributed by atoms with Crippen LogP contribution < -0.4 is 10.1 Å². The molecule has 2 aliphatic rings. The zero-order valence-corrected chi connectivity index (χ0v) is 21.8. The van der Waals surface area contributed by atoms with E-state index in [1.807, 2.05) is 32.9 Å². The number of aliphatic imine (C=N–C) groups is 1. The van der Waals surface area contributed by atoms with E-state index in [1.165, 1.54) is 5.56 Å². The van der Waals surface area contributed by atoms with Gasteiger partial charge in [-0.15, -0.1) is 24.0 Å². The van der Waals surface area contributed by atoms with E-state index in [9.17, 15) is 4.79 Å². The number of fused-ring (bicyclic) bond motifs is 1. The number of methoxy groups -OCH3 is 1. The Morgan fingerprint density at radius 2 is 1.94 bits per heavy atom. The number of likely N-dealkylation sites (N-methyl/N-ethyl adjacent to an activating group) is 1. The van der Waals surface area contributed by atoms with Gasteiger partial charge in [-0.3, -0.25) is 4.99 Å². The molecule has 1 aromatic carbocycles. The van der Waals surface area contributed by atoms with Crippen LogP contribution in [0.4, 0.5) is 4.79 Å². The van der Waals surface area contributed by atoms with E-state index < -0.39 is 5.60 Å². The number of piperazine rings is 1. The van der Waals surface area contributed by atoms with Crippen molar-refractivity contribution in [1.29, 1.82) is 0 Å². The molecule has 1 saturated heterocycles. The molecule has 1 fully saturated rings. The number of ether oxygens (including phenoxy) is 2. The fraction of sp³-hybridized carbons (Fsp3) is 0.636. The van der Waals surface area contributed by atoms with Crippen molar-refractivity contribution in [2.75, 3.05) is 53.9 Å². The van der Waals surface area contributed by atoms with Crippen molar-refractivity contribution in [1.82, 2.24) is 20.0 Å². The number of nitrogens with one attached hydrogen (secondary N) is 1. The highest BCUT2D eigenvalue weighted by Crippen LogP contribution is 2.22. The molecule has 2 aliphatic heterocycles. The molecule has 0 aromatic heterocycles. The normalized spacial score (nSPS) is 19.3. The number of carbonyl (C=O) groups is 1. The number of rotatable bonds is 5. The van der Waals surface area contributed by atoms with E-state index in [2.05, 4.69) is 41.3 Å². The van der Waals surface area contributed by atoms with Gasteiger partial charge in [-0.1, -0.05) is 12.1 Å². The van der Waals surface area contributed by atoms with Crippen LogP contribution in [0.15, 0.2) is 29.3 Å². The van der Waals surface area contributed by atoms with Gasteiger partial charge in [-0.25, -0.2) is 4.79 Å². The van der Waals surface area contributed by atoms with E-state index >= 15 is 0 Å². The molecular weight excluding hydrogens is 509 g/mol. The molecule has 0 radical (unpaired) electrons. The van der Waals surface area contributed by atoms with E-state index in [1.54, 1.807) is 12.0 Å². The fourth-order valence-electron chi connectivity index (χ4n) is 3.84. The summed E-state index contributed by atoms with van der Waals surface area (Å²) in [4.78, 5) is 23.4. The standard InChI is InChI=1S/C22H35N5O3.HI/c1-22(2,3)30-21(28)26-11-12-27-17(15-26)13-23-20(27)24-14-19(25(4)5)16-7-9-18(29-6)10-8-16;/h7-10,17,19H,11-15H2,1-6H3,(H,23,24);1H. The van der Waals surface area contributed by atoms with Gasteiger partial charge in [0.1, 0.15) is 11.4 Å². The molecule has 174 valence electrons. The van der Waals surface area contributed by atoms with Crippen molar-refractivity contribution in [3.63, 3.8) is 0 Å². The second-order valence-electron chi connectivity index (χ2n) is 9.07. The number of hydrogen-bond acceptors (Lipinski definition) is 7. The molecule has 0 spiro atoms. The predicted octanol–water partition coefficient (Wildman–Crippen LogP) is 2.80. The van der Waals surface area contributed by atoms with Crippen LogP contribution in [0, 0.1) is 0 Å². The molecule has 0 aliphatic carbocycles. The lowest BCUT2D eigenvalue weighted by atomic mass is 10.1. The number of halogens is 1. The van der Waals surface area contributed by atoms with E-state index in [-0.39, 0.29) is 42.2 Å². The average Bonchev–Trinajstić information content (AvgIpc) is 3.09. The van der Waals surface area contributed by atoms with E-state index in [0.29, 0.717) is 19.6 Å². The Bertz CT molecular complexity index is 763. The monoisotopic (exact) mass is 545 g/mol. The first kappa shape index (κ1) is 25.5. The van der Waals surface area contributed by atoms with Gasteiger partial charge in [0.05, 0.1) is 25.7 Å². The third-order valence-corrected chi connectivity index (χ3v) is 5.44. The zero-order valence-electron chi connectivity index (χ0n) is 19.4. The van der Waals surface area contributed by atoms with Crippen molar-refractivity contribution in [2.45, 2.75) is 38.5 Å². The minimum Gasteiger partial charge on any atom is -0.497 e. The lowest BCUT2D eigenvalue weighted by Crippen LogP contribution is -2.58. The molecule has 2 heterocycles. The minimum absolute atomic E-state index is 0. The van der Waals surface area contributed by atoms with Gasteiger partial charge in [-0.2, -0.15) is 0 Å². The fourth-order valence-corrected chi connectivity index (χ4v) is 3.84. The molecule has 3 rings (SSSR count). The van der Waals surface area contributed by atoms with Gasteiger partial charge < -0.3 is 29.5 Å². The van der Waals surface area contributed by atoms with Crippen LogP contribution in [0.3, 0.4) is 0 Å². The van der Waals surface area contributed by atoms with Crippen LogP contribution in [-0.2, 0) is 4.74 Å². The van der Waals surface area contributed by atoms with Crippen molar-refractivity contribution >= 4 is 36.0 Å². The number of nitrogens with zero attached hydrogens (tertiary/aromatic N) is 4. The first-order valence-electron chi connectivity index (χ1n) is 10.5. The summed E-state index contributed by atoms with van der Waals surface area (Å²) in [5, 5.41) is 3.54. The largest absolute Gasteiger partial charge is 0.497 e. The van der Waals surface area contributed by atoms with E-state index in [4.69, 9.17) is 14.5 Å². The second kappa shape index (κ2) is 10.7. The predicted molar refractivity (Wildman–Crippen MR) is 133 cm³/mol. The zero-order chi connectivity index (χ0) is 21.9. The average molecular weight is 545 g/mol. The molecule has 1 N–H and O–H groups in total. The molecule has 2 unspecified atom stereocenters. The number of hydrogen-bond donors (Lipinski definition) is 1. The molecule has 1 aromatic rings. The van der Waals surface area contributed by atoms with Crippen LogP contribution in [0.25, 0.3) is 0 Å². The molecular formula is C22H36IN5O3. The van der Waals surface area contributed by atoms with Crippen molar-refractivity contribution in [2.24, 2.45) is 4.99 Å². The molecule has 0 bridgehead atoms. The summed E-state index contributed by atoms with van der Waals surface area (Å²) < 4.78 is 10.8. The summed E-state index contributed by atoms with van der Waals surface area (Å²) in [6.07, 6.45) is -0.240. The van der Waals surface area contributed by atoms with Crippen LogP contribution in [-0.4, -0.2) is 92.3 Å². The topological polar surface area (TPSA) is 69.6 Å². The maximum absolute atomic E-state index is 12.4. The van der Waals surface area contributed by atoms with Gasteiger partial charge in [0.15, 0.2) is 5.96 Å². The van der Waals surface area contributed by atoms with Gasteiger partial charge in [-0.05, 0) is 52.6 Å². The Labute approximate surface area is 203 Å². The van der Waals surface area contributed by atoms with E-state index in [0.717, 1.165) is 24.8 Å². The highest BCUT2D eigenvalue weighted by atomic mass is 127. The molecule has 0 saturated carbocycles. The van der Waals surface area contributed by atoms with Gasteiger partial charge in [0.25, 0.3) is 0 Å². The summed E-state index contributed by atoms with van der Waals surface area (Å²) in [7, 11) is 5.84. The quantitative estimate of drug-likeness (QED) is 0.575. The summed E-state index contributed by atoms with van der Waals surface area (Å²) in [5.74, 6) is 1.78. The summed E-state index contributed by atoms with van der Waals surface area (Å²) in [6, 6.07) is 8.59. The smallest absolute Gasteiger partial charge is 0.410 e. The van der Waals surface area contributed by atoms with Gasteiger partial charge in [0, 0.05) is 26.2 Å². The number of amides is 1. The van der Waals surface area contributed by atoms with Gasteiger partial charge >= 0.3 is 6.09 Å². The Morgan fingerprint density at radius 1 is 1.26 bits per heavy atom. The van der Waals surface area contributed by atoms with Crippen LogP contribution in [0.2, 0.25) is 0 Å². The maximum Gasteiger partial charge on any atom is 0.410 e. The maximum atomic E-state index is 12.4. The van der Waals surface area contributed by atoms with Gasteiger partial charge in [0.2, 0.25) is 0 Å². The minimum atomic E-state index is -0.476. The Hall–Kier alpha value is -1.75. The van der Waals surface area contributed by atoms with Crippen LogP contribution >= 0.6 is 24.0 Å². The Kier molecular flexibility index (Phi) is 8.82. The van der Waals surface area contributed by atoms with Crippen LogP contribution in [0.1, 0.15) is 32.4 Å². The lowest BCUT2D eigenvalue weighted by molar-refractivity contribution is 0.0137. The Morgan fingerprint density at radius 3 is 2.52 bits per heavy atom. The molecule has 2 atom stereocenters. The summed E-state index contributed by atoms with van der Waals surface area (Å²) >= 11 is 0. The third-order valence-electron chi connectivity index (χ3n) is 5.44. The highest BCUT2D eigenvalue weighted by Gasteiger charge is 2.36. The van der Waals surface area contributed by atoms with Crippen LogP contribution in [0.5, 0.6) is 5.75 Å². The first-order valence-corrected chi connectivity index (χ1v) is 10.5. The summed E-state index contributed by atoms with van der Waals surface area (Å²) in [6.45, 7) is 9.16. The number of guanidine groups is 1. The first-order chi connectivity index (χ1) is 14.2. The Balaban J connectivity index is 0.00000341. The molecule has 9 heteroatoms. The number of benzene rings is 1. The summed E-state index contributed by atoms with van der Waals surface area (Å²) in [5.41, 5.74) is 0.744. The molecule has 8 nitrogen and oxygen atoms in total. The second-order valence-corrected chi connectivity index (χ2v) is 9.07. The van der Waals surface area contributed by atoms with Crippen molar-refractivity contribution < 1.29 is 14.3 Å². The highest BCUT2D eigenvalue weighted by molar-refractivity contribution is 14.0. The van der Waals surface area contributed by atoms with Crippen molar-refractivity contribution in [3.05, 3.63) is 29.8 Å². The lowest BCUT2D eigenvalue weighted by Gasteiger charge is -2.39. The third kappa shape index (κ3) is 6.61. The molecule has 1 amide bonds. The molecule has 31 heavy (non-hydrogen) atoms.